The van der Waals surface area contributed by atoms with Crippen molar-refractivity contribution in [2.75, 3.05) is 11.9 Å². The van der Waals surface area contributed by atoms with Crippen molar-refractivity contribution in [1.82, 2.24) is 0 Å². The topological polar surface area (TPSA) is 55.1 Å². The minimum atomic E-state index is -0.304. The standard InChI is InChI=1S/C9H10ClIN2O/c10-6-1-2-8(7(11)5-6)13-4-3-9(12)14/h1-2,5,13H,3-4H2,(H2,12,14). The quantitative estimate of drug-likeness (QED) is 0.835. The van der Waals surface area contributed by atoms with Gasteiger partial charge in [0, 0.05) is 27.2 Å². The summed E-state index contributed by atoms with van der Waals surface area (Å²) < 4.78 is 1.03. The van der Waals surface area contributed by atoms with Crippen molar-refractivity contribution in [2.24, 2.45) is 5.73 Å². The van der Waals surface area contributed by atoms with Crippen molar-refractivity contribution in [3.63, 3.8) is 0 Å². The molecule has 0 fully saturated rings. The molecular formula is C9H10ClIN2O. The number of carbonyl (C=O) groups is 1. The fourth-order valence-corrected chi connectivity index (χ4v) is 2.02. The van der Waals surface area contributed by atoms with Gasteiger partial charge in [-0.15, -0.1) is 0 Å². The summed E-state index contributed by atoms with van der Waals surface area (Å²) in [4.78, 5) is 10.5. The minimum Gasteiger partial charge on any atom is -0.384 e. The van der Waals surface area contributed by atoms with Gasteiger partial charge in [0.1, 0.15) is 0 Å². The summed E-state index contributed by atoms with van der Waals surface area (Å²) >= 11 is 7.97. The Hall–Kier alpha value is -0.490. The van der Waals surface area contributed by atoms with Crippen molar-refractivity contribution in [1.29, 1.82) is 0 Å². The van der Waals surface area contributed by atoms with Gasteiger partial charge in [-0.25, -0.2) is 0 Å². The molecule has 5 heteroatoms. The predicted molar refractivity (Wildman–Crippen MR) is 66.5 cm³/mol. The number of anilines is 1. The number of carbonyl (C=O) groups excluding carboxylic acids is 1. The summed E-state index contributed by atoms with van der Waals surface area (Å²) in [7, 11) is 0. The lowest BCUT2D eigenvalue weighted by molar-refractivity contribution is -0.117. The molecule has 1 amide bonds. The summed E-state index contributed by atoms with van der Waals surface area (Å²) in [6.45, 7) is 0.549. The van der Waals surface area contributed by atoms with Crippen LogP contribution >= 0.6 is 34.2 Å². The molecule has 1 aromatic carbocycles. The molecule has 14 heavy (non-hydrogen) atoms. The molecule has 0 aliphatic heterocycles. The molecule has 76 valence electrons. The Bertz CT molecular complexity index is 344. The highest BCUT2D eigenvalue weighted by molar-refractivity contribution is 14.1. The number of hydrogen-bond donors (Lipinski definition) is 2. The van der Waals surface area contributed by atoms with Crippen molar-refractivity contribution >= 4 is 45.8 Å². The maximum atomic E-state index is 10.5. The summed E-state index contributed by atoms with van der Waals surface area (Å²) in [6, 6.07) is 5.54. The van der Waals surface area contributed by atoms with Gasteiger partial charge in [-0.05, 0) is 40.8 Å². The fourth-order valence-electron chi connectivity index (χ4n) is 0.953. The second-order valence-electron chi connectivity index (χ2n) is 2.77. The molecule has 0 aromatic heterocycles. The van der Waals surface area contributed by atoms with Crippen LogP contribution in [0.2, 0.25) is 5.02 Å². The fraction of sp³-hybridized carbons (Fsp3) is 0.222. The van der Waals surface area contributed by atoms with E-state index in [1.54, 1.807) is 6.07 Å². The van der Waals surface area contributed by atoms with Crippen LogP contribution < -0.4 is 11.1 Å². The van der Waals surface area contributed by atoms with Crippen LogP contribution in [0.15, 0.2) is 18.2 Å². The molecule has 0 radical (unpaired) electrons. The van der Waals surface area contributed by atoms with Gasteiger partial charge in [0.2, 0.25) is 5.91 Å². The van der Waals surface area contributed by atoms with Crippen LogP contribution in [0.4, 0.5) is 5.69 Å². The van der Waals surface area contributed by atoms with Gasteiger partial charge in [0.15, 0.2) is 0 Å². The van der Waals surface area contributed by atoms with Crippen LogP contribution in [-0.4, -0.2) is 12.5 Å². The number of primary amides is 1. The Morgan fingerprint density at radius 1 is 1.57 bits per heavy atom. The Labute approximate surface area is 101 Å². The van der Waals surface area contributed by atoms with E-state index in [-0.39, 0.29) is 5.91 Å². The second-order valence-corrected chi connectivity index (χ2v) is 4.37. The van der Waals surface area contributed by atoms with Gasteiger partial charge in [-0.2, -0.15) is 0 Å². The minimum absolute atomic E-state index is 0.304. The lowest BCUT2D eigenvalue weighted by atomic mass is 10.3. The molecular weight excluding hydrogens is 314 g/mol. The van der Waals surface area contributed by atoms with Crippen LogP contribution in [0.5, 0.6) is 0 Å². The zero-order valence-corrected chi connectivity index (χ0v) is 10.3. The number of amides is 1. The first-order valence-electron chi connectivity index (χ1n) is 4.07. The summed E-state index contributed by atoms with van der Waals surface area (Å²) in [6.07, 6.45) is 0.332. The number of benzene rings is 1. The van der Waals surface area contributed by atoms with Crippen LogP contribution in [0.3, 0.4) is 0 Å². The lowest BCUT2D eigenvalue weighted by Crippen LogP contribution is -2.16. The molecule has 0 saturated carbocycles. The van der Waals surface area contributed by atoms with Crippen molar-refractivity contribution in [3.8, 4) is 0 Å². The molecule has 1 rings (SSSR count). The molecule has 0 atom stereocenters. The van der Waals surface area contributed by atoms with Crippen LogP contribution in [-0.2, 0) is 4.79 Å². The lowest BCUT2D eigenvalue weighted by Gasteiger charge is -2.07. The van der Waals surface area contributed by atoms with Crippen LogP contribution in [0.1, 0.15) is 6.42 Å². The average molecular weight is 325 g/mol. The van der Waals surface area contributed by atoms with Gasteiger partial charge in [0.05, 0.1) is 0 Å². The van der Waals surface area contributed by atoms with E-state index >= 15 is 0 Å². The second kappa shape index (κ2) is 5.41. The van der Waals surface area contributed by atoms with Gasteiger partial charge in [-0.1, -0.05) is 11.6 Å². The number of rotatable bonds is 4. The van der Waals surface area contributed by atoms with Crippen LogP contribution in [0.25, 0.3) is 0 Å². The third kappa shape index (κ3) is 3.71. The molecule has 1 aromatic rings. The average Bonchev–Trinajstić information content (AvgIpc) is 2.08. The molecule has 0 spiro atoms. The van der Waals surface area contributed by atoms with Gasteiger partial charge in [0.25, 0.3) is 0 Å². The normalized spacial score (nSPS) is 9.86. The van der Waals surface area contributed by atoms with E-state index in [0.29, 0.717) is 18.0 Å². The van der Waals surface area contributed by atoms with E-state index in [0.717, 1.165) is 9.26 Å². The predicted octanol–water partition coefficient (Wildman–Crippen LogP) is 2.23. The third-order valence-electron chi connectivity index (χ3n) is 1.62. The Morgan fingerprint density at radius 3 is 2.86 bits per heavy atom. The van der Waals surface area contributed by atoms with Crippen molar-refractivity contribution < 1.29 is 4.79 Å². The summed E-state index contributed by atoms with van der Waals surface area (Å²) in [5, 5.41) is 3.81. The molecule has 0 aliphatic carbocycles. The number of nitrogens with two attached hydrogens (primary N) is 1. The van der Waals surface area contributed by atoms with E-state index < -0.39 is 0 Å². The Kier molecular flexibility index (Phi) is 4.47. The van der Waals surface area contributed by atoms with Crippen molar-refractivity contribution in [3.05, 3.63) is 26.8 Å². The highest BCUT2D eigenvalue weighted by Crippen LogP contribution is 2.21. The summed E-state index contributed by atoms with van der Waals surface area (Å²) in [5.41, 5.74) is 5.99. The van der Waals surface area contributed by atoms with E-state index in [1.165, 1.54) is 0 Å². The molecule has 0 heterocycles. The van der Waals surface area contributed by atoms with Gasteiger partial charge < -0.3 is 11.1 Å². The molecule has 0 unspecified atom stereocenters. The van der Waals surface area contributed by atoms with Crippen LogP contribution in [0, 0.1) is 3.57 Å². The molecule has 3 N–H and O–H groups in total. The number of hydrogen-bond acceptors (Lipinski definition) is 2. The molecule has 0 saturated heterocycles. The first-order chi connectivity index (χ1) is 6.59. The van der Waals surface area contributed by atoms with Crippen molar-refractivity contribution in [2.45, 2.75) is 6.42 Å². The zero-order valence-electron chi connectivity index (χ0n) is 7.39. The SMILES string of the molecule is NC(=O)CCNc1ccc(Cl)cc1I. The Balaban J connectivity index is 2.55. The number of nitrogens with one attached hydrogen (secondary N) is 1. The third-order valence-corrected chi connectivity index (χ3v) is 2.75. The largest absolute Gasteiger partial charge is 0.384 e. The zero-order chi connectivity index (χ0) is 10.6. The maximum Gasteiger partial charge on any atom is 0.219 e. The van der Waals surface area contributed by atoms with E-state index in [4.69, 9.17) is 17.3 Å². The number of halogens is 2. The highest BCUT2D eigenvalue weighted by Gasteiger charge is 2.00. The van der Waals surface area contributed by atoms with Gasteiger partial charge >= 0.3 is 0 Å². The highest BCUT2D eigenvalue weighted by atomic mass is 127. The maximum absolute atomic E-state index is 10.5. The molecule has 3 nitrogen and oxygen atoms in total. The smallest absolute Gasteiger partial charge is 0.219 e. The first-order valence-corrected chi connectivity index (χ1v) is 5.52. The first kappa shape index (κ1) is 11.6. The monoisotopic (exact) mass is 324 g/mol. The van der Waals surface area contributed by atoms with Gasteiger partial charge in [-0.3, -0.25) is 4.79 Å². The van der Waals surface area contributed by atoms with E-state index in [2.05, 4.69) is 27.9 Å². The molecule has 0 bridgehead atoms. The van der Waals surface area contributed by atoms with E-state index in [1.807, 2.05) is 12.1 Å². The summed E-state index contributed by atoms with van der Waals surface area (Å²) in [5.74, 6) is -0.304. The van der Waals surface area contributed by atoms with E-state index in [9.17, 15) is 4.79 Å². The Morgan fingerprint density at radius 2 is 2.29 bits per heavy atom. The molecule has 0 aliphatic rings.